The van der Waals surface area contributed by atoms with Gasteiger partial charge in [0.2, 0.25) is 17.7 Å². The van der Waals surface area contributed by atoms with E-state index >= 15 is 0 Å². The van der Waals surface area contributed by atoms with Crippen LogP contribution in [0, 0.1) is 5.41 Å². The van der Waals surface area contributed by atoms with Crippen molar-refractivity contribution in [3.63, 3.8) is 0 Å². The summed E-state index contributed by atoms with van der Waals surface area (Å²) in [6.45, 7) is 0. The molecular formula is C7H12N6O2. The Morgan fingerprint density at radius 1 is 1.33 bits per heavy atom. The molecular weight excluding hydrogens is 200 g/mol. The van der Waals surface area contributed by atoms with Gasteiger partial charge in [-0.1, -0.05) is 0 Å². The number of hydrazine groups is 1. The summed E-state index contributed by atoms with van der Waals surface area (Å²) >= 11 is 0. The molecule has 0 aliphatic heterocycles. The van der Waals surface area contributed by atoms with Crippen LogP contribution >= 0.6 is 0 Å². The topological polar surface area (TPSA) is 123 Å². The van der Waals surface area contributed by atoms with Crippen molar-refractivity contribution >= 4 is 11.9 Å². The summed E-state index contributed by atoms with van der Waals surface area (Å²) in [5, 5.41) is 7.92. The van der Waals surface area contributed by atoms with Gasteiger partial charge in [0.1, 0.15) is 0 Å². The Balaban J connectivity index is 3.11. The second-order valence-corrected chi connectivity index (χ2v) is 2.51. The predicted molar refractivity (Wildman–Crippen MR) is 53.7 cm³/mol. The summed E-state index contributed by atoms with van der Waals surface area (Å²) in [4.78, 5) is 7.78. The van der Waals surface area contributed by atoms with Crippen molar-refractivity contribution in [2.45, 2.75) is 0 Å². The van der Waals surface area contributed by atoms with Crippen LogP contribution in [-0.4, -0.2) is 30.1 Å². The van der Waals surface area contributed by atoms with Crippen molar-refractivity contribution in [2.75, 3.05) is 19.2 Å². The van der Waals surface area contributed by atoms with E-state index in [4.69, 9.17) is 26.5 Å². The first-order valence-electron chi connectivity index (χ1n) is 3.94. The minimum Gasteiger partial charge on any atom is -0.481 e. The average molecular weight is 212 g/mol. The molecule has 0 unspecified atom stereocenters. The van der Waals surface area contributed by atoms with Gasteiger partial charge in [-0.15, -0.1) is 0 Å². The van der Waals surface area contributed by atoms with Gasteiger partial charge in [-0.05, 0) is 0 Å². The summed E-state index contributed by atoms with van der Waals surface area (Å²) in [5.74, 6) is 5.62. The Kier molecular flexibility index (Phi) is 3.24. The molecule has 82 valence electrons. The molecule has 8 nitrogen and oxygen atoms in total. The van der Waals surface area contributed by atoms with Crippen molar-refractivity contribution < 1.29 is 9.47 Å². The van der Waals surface area contributed by atoms with Gasteiger partial charge in [-0.2, -0.15) is 9.97 Å². The standard InChI is InChI=1S/C7H12N6O2/c1-14-4-3-5(15-2)12-7(11-4)13(10)6(8)9/h3H,10H2,1-2H3,(H3,8,9). The number of rotatable bonds is 3. The van der Waals surface area contributed by atoms with Crippen LogP contribution in [0.4, 0.5) is 5.95 Å². The van der Waals surface area contributed by atoms with Crippen LogP contribution in [0.5, 0.6) is 11.8 Å². The van der Waals surface area contributed by atoms with Gasteiger partial charge >= 0.3 is 0 Å². The third-order valence-electron chi connectivity index (χ3n) is 1.56. The van der Waals surface area contributed by atoms with E-state index in [2.05, 4.69) is 9.97 Å². The van der Waals surface area contributed by atoms with Crippen molar-refractivity contribution in [1.29, 1.82) is 5.41 Å². The van der Waals surface area contributed by atoms with E-state index in [1.807, 2.05) is 0 Å². The zero-order chi connectivity index (χ0) is 11.4. The zero-order valence-corrected chi connectivity index (χ0v) is 8.39. The van der Waals surface area contributed by atoms with Gasteiger partial charge in [0.25, 0.3) is 5.95 Å². The third-order valence-corrected chi connectivity index (χ3v) is 1.56. The molecule has 0 fully saturated rings. The van der Waals surface area contributed by atoms with Crippen LogP contribution in [-0.2, 0) is 0 Å². The third kappa shape index (κ3) is 2.44. The molecule has 0 spiro atoms. The number of anilines is 1. The van der Waals surface area contributed by atoms with Crippen molar-refractivity contribution in [3.8, 4) is 11.8 Å². The first-order valence-corrected chi connectivity index (χ1v) is 3.94. The first kappa shape index (κ1) is 11.0. The minimum absolute atomic E-state index is 0.0266. The molecule has 0 amide bonds. The molecule has 0 atom stereocenters. The maximum atomic E-state index is 7.11. The lowest BCUT2D eigenvalue weighted by molar-refractivity contribution is 0.372. The fraction of sp³-hybridized carbons (Fsp3) is 0.286. The fourth-order valence-electron chi connectivity index (χ4n) is 0.817. The molecule has 0 saturated heterocycles. The van der Waals surface area contributed by atoms with Crippen molar-refractivity contribution in [2.24, 2.45) is 11.6 Å². The summed E-state index contributed by atoms with van der Waals surface area (Å²) in [6, 6.07) is 1.48. The van der Waals surface area contributed by atoms with E-state index in [0.717, 1.165) is 5.01 Å². The van der Waals surface area contributed by atoms with Gasteiger partial charge < -0.3 is 15.2 Å². The summed E-state index contributed by atoms with van der Waals surface area (Å²) in [6.07, 6.45) is 0. The van der Waals surface area contributed by atoms with E-state index in [1.54, 1.807) is 0 Å². The number of hydrogen-bond donors (Lipinski definition) is 3. The Morgan fingerprint density at radius 2 is 1.80 bits per heavy atom. The molecule has 0 aliphatic rings. The smallest absolute Gasteiger partial charge is 0.253 e. The Bertz CT molecular complexity index is 346. The second kappa shape index (κ2) is 4.42. The van der Waals surface area contributed by atoms with Crippen LogP contribution in [0.3, 0.4) is 0 Å². The van der Waals surface area contributed by atoms with E-state index in [1.165, 1.54) is 20.3 Å². The Hall–Kier alpha value is -2.09. The van der Waals surface area contributed by atoms with Gasteiger partial charge in [0.05, 0.1) is 20.3 Å². The Labute approximate surface area is 86.3 Å². The highest BCUT2D eigenvalue weighted by atomic mass is 16.5. The number of guanidine groups is 1. The molecule has 5 N–H and O–H groups in total. The maximum absolute atomic E-state index is 7.11. The average Bonchev–Trinajstić information content (AvgIpc) is 2.27. The highest BCUT2D eigenvalue weighted by molar-refractivity contribution is 5.89. The summed E-state index contributed by atoms with van der Waals surface area (Å²) in [7, 11) is 2.89. The van der Waals surface area contributed by atoms with Gasteiger partial charge in [-0.25, -0.2) is 10.9 Å². The molecule has 1 aromatic heterocycles. The molecule has 15 heavy (non-hydrogen) atoms. The van der Waals surface area contributed by atoms with E-state index in [9.17, 15) is 0 Å². The lowest BCUT2D eigenvalue weighted by Gasteiger charge is -2.14. The van der Waals surface area contributed by atoms with Crippen molar-refractivity contribution in [3.05, 3.63) is 6.07 Å². The normalized spacial score (nSPS) is 9.53. The largest absolute Gasteiger partial charge is 0.481 e. The molecule has 0 saturated carbocycles. The lowest BCUT2D eigenvalue weighted by atomic mass is 10.6. The molecule has 8 heteroatoms. The molecule has 1 heterocycles. The number of nitrogens with two attached hydrogens (primary N) is 2. The number of hydrogen-bond acceptors (Lipinski definition) is 6. The van der Waals surface area contributed by atoms with Gasteiger partial charge in [-0.3, -0.25) is 5.41 Å². The van der Waals surface area contributed by atoms with E-state index < -0.39 is 0 Å². The fourth-order valence-corrected chi connectivity index (χ4v) is 0.817. The number of ether oxygens (including phenoxy) is 2. The number of aromatic nitrogens is 2. The van der Waals surface area contributed by atoms with E-state index in [0.29, 0.717) is 0 Å². The highest BCUT2D eigenvalue weighted by Crippen LogP contribution is 2.18. The first-order chi connectivity index (χ1) is 7.08. The van der Waals surface area contributed by atoms with Crippen LogP contribution < -0.4 is 26.1 Å². The number of nitrogens with zero attached hydrogens (tertiary/aromatic N) is 3. The Morgan fingerprint density at radius 3 is 2.13 bits per heavy atom. The summed E-state index contributed by atoms with van der Waals surface area (Å²) in [5.41, 5.74) is 5.17. The number of nitrogens with one attached hydrogen (secondary N) is 1. The molecule has 0 aromatic carbocycles. The monoisotopic (exact) mass is 212 g/mol. The molecule has 0 bridgehead atoms. The van der Waals surface area contributed by atoms with Crippen LogP contribution in [0.15, 0.2) is 6.07 Å². The maximum Gasteiger partial charge on any atom is 0.253 e. The number of methoxy groups -OCH3 is 2. The SMILES string of the molecule is COc1cc(OC)nc(N(N)C(=N)N)n1. The summed E-state index contributed by atoms with van der Waals surface area (Å²) < 4.78 is 9.81. The van der Waals surface area contributed by atoms with Crippen LogP contribution in [0.25, 0.3) is 0 Å². The van der Waals surface area contributed by atoms with Crippen LogP contribution in [0.2, 0.25) is 0 Å². The molecule has 0 aliphatic carbocycles. The van der Waals surface area contributed by atoms with Crippen molar-refractivity contribution in [1.82, 2.24) is 9.97 Å². The van der Waals surface area contributed by atoms with Gasteiger partial charge in [0.15, 0.2) is 0 Å². The quantitative estimate of drug-likeness (QED) is 0.256. The predicted octanol–water partition coefficient (Wildman–Crippen LogP) is -0.933. The van der Waals surface area contributed by atoms with Crippen LogP contribution in [0.1, 0.15) is 0 Å². The highest BCUT2D eigenvalue weighted by Gasteiger charge is 2.11. The van der Waals surface area contributed by atoms with Gasteiger partial charge in [0, 0.05) is 0 Å². The molecule has 1 rings (SSSR count). The zero-order valence-electron chi connectivity index (χ0n) is 8.39. The molecule has 0 radical (unpaired) electrons. The second-order valence-electron chi connectivity index (χ2n) is 2.51. The minimum atomic E-state index is -0.384. The lowest BCUT2D eigenvalue weighted by Crippen LogP contribution is -2.43. The molecule has 1 aromatic rings. The van der Waals surface area contributed by atoms with E-state index in [-0.39, 0.29) is 23.7 Å².